The van der Waals surface area contributed by atoms with Crippen molar-refractivity contribution in [3.63, 3.8) is 0 Å². The quantitative estimate of drug-likeness (QED) is 0.550. The summed E-state index contributed by atoms with van der Waals surface area (Å²) in [5.41, 5.74) is 0.557. The third-order valence-corrected chi connectivity index (χ3v) is 4.64. The molecule has 0 bridgehead atoms. The van der Waals surface area contributed by atoms with Crippen LogP contribution in [0, 0.1) is 0 Å². The number of guanidine groups is 1. The predicted octanol–water partition coefficient (Wildman–Crippen LogP) is 3.10. The molecule has 2 N–H and O–H groups in total. The van der Waals surface area contributed by atoms with Crippen molar-refractivity contribution in [2.24, 2.45) is 4.99 Å². The maximum atomic E-state index is 12.5. The largest absolute Gasteiger partial charge is 0.497 e. The van der Waals surface area contributed by atoms with Gasteiger partial charge in [0.15, 0.2) is 5.96 Å². The van der Waals surface area contributed by atoms with E-state index in [9.17, 15) is 8.78 Å². The number of ether oxygens (including phenoxy) is 2. The number of halogens is 2. The first-order chi connectivity index (χ1) is 11.3. The molecule has 5 nitrogen and oxygen atoms in total. The first kappa shape index (κ1) is 20.3. The summed E-state index contributed by atoms with van der Waals surface area (Å²) in [7, 11) is 3.18. The lowest BCUT2D eigenvalue weighted by atomic mass is 10.2. The van der Waals surface area contributed by atoms with Crippen LogP contribution in [-0.4, -0.2) is 44.3 Å². The third kappa shape index (κ3) is 6.82. The molecule has 0 atom stereocenters. The molecule has 0 amide bonds. The average molecular weight is 361 g/mol. The van der Waals surface area contributed by atoms with Crippen LogP contribution in [0.25, 0.3) is 0 Å². The van der Waals surface area contributed by atoms with E-state index in [-0.39, 0.29) is 17.0 Å². The minimum absolute atomic E-state index is 0.0531. The molecule has 0 aromatic heterocycles. The van der Waals surface area contributed by atoms with Crippen LogP contribution in [-0.2, 0) is 6.54 Å². The first-order valence-corrected chi connectivity index (χ1v) is 8.65. The molecule has 0 saturated heterocycles. The molecule has 1 rings (SSSR count). The predicted molar refractivity (Wildman–Crippen MR) is 95.4 cm³/mol. The molecule has 0 radical (unpaired) electrons. The average Bonchev–Trinajstić information content (AvgIpc) is 2.55. The zero-order valence-corrected chi connectivity index (χ0v) is 15.5. The van der Waals surface area contributed by atoms with E-state index in [4.69, 9.17) is 4.74 Å². The van der Waals surface area contributed by atoms with Crippen molar-refractivity contribution in [1.82, 2.24) is 10.6 Å². The molecule has 136 valence electrons. The van der Waals surface area contributed by atoms with Gasteiger partial charge in [0.2, 0.25) is 0 Å². The molecule has 0 aliphatic rings. The van der Waals surface area contributed by atoms with Gasteiger partial charge >= 0.3 is 6.61 Å². The number of hydrogen-bond acceptors (Lipinski definition) is 4. The lowest BCUT2D eigenvalue weighted by molar-refractivity contribution is -0.0504. The highest BCUT2D eigenvalue weighted by Gasteiger charge is 2.16. The molecule has 24 heavy (non-hydrogen) atoms. The summed E-state index contributed by atoms with van der Waals surface area (Å²) in [5, 5.41) is 6.31. The number of thioether (sulfide) groups is 1. The molecule has 0 unspecified atom stereocenters. The van der Waals surface area contributed by atoms with Gasteiger partial charge in [-0.3, -0.25) is 4.99 Å². The Labute approximate surface area is 146 Å². The number of alkyl halides is 2. The lowest BCUT2D eigenvalue weighted by Gasteiger charge is -2.24. The Kier molecular flexibility index (Phi) is 8.10. The summed E-state index contributed by atoms with van der Waals surface area (Å²) in [6.45, 7) is 2.35. The second-order valence-corrected chi connectivity index (χ2v) is 7.11. The summed E-state index contributed by atoms with van der Waals surface area (Å²) < 4.78 is 34.8. The van der Waals surface area contributed by atoms with Crippen molar-refractivity contribution >= 4 is 17.7 Å². The molecule has 8 heteroatoms. The van der Waals surface area contributed by atoms with Gasteiger partial charge in [-0.25, -0.2) is 0 Å². The fourth-order valence-corrected chi connectivity index (χ4v) is 2.02. The third-order valence-electron chi connectivity index (χ3n) is 3.39. The van der Waals surface area contributed by atoms with Crippen molar-refractivity contribution in [1.29, 1.82) is 0 Å². The van der Waals surface area contributed by atoms with Gasteiger partial charge in [0.05, 0.1) is 7.11 Å². The van der Waals surface area contributed by atoms with Crippen molar-refractivity contribution < 1.29 is 18.3 Å². The summed E-state index contributed by atoms with van der Waals surface area (Å²) in [5.74, 6) is 1.26. The maximum absolute atomic E-state index is 12.5. The SMILES string of the molecule is CN=C(NCc1cc(OC)ccc1OC(F)F)NCC(C)(C)SC. The fraction of sp³-hybridized carbons (Fsp3) is 0.562. The first-order valence-electron chi connectivity index (χ1n) is 7.42. The van der Waals surface area contributed by atoms with E-state index in [0.29, 0.717) is 23.8 Å². The highest BCUT2D eigenvalue weighted by atomic mass is 32.2. The molecule has 0 saturated carbocycles. The lowest BCUT2D eigenvalue weighted by Crippen LogP contribution is -2.43. The Morgan fingerprint density at radius 1 is 1.33 bits per heavy atom. The van der Waals surface area contributed by atoms with Crippen LogP contribution in [0.5, 0.6) is 11.5 Å². The maximum Gasteiger partial charge on any atom is 0.387 e. The molecule has 1 aromatic rings. The Morgan fingerprint density at radius 3 is 2.58 bits per heavy atom. The van der Waals surface area contributed by atoms with Crippen LogP contribution >= 0.6 is 11.8 Å². The molecule has 1 aromatic carbocycles. The number of methoxy groups -OCH3 is 1. The fourth-order valence-electron chi connectivity index (χ4n) is 1.80. The molecule has 0 fully saturated rings. The summed E-state index contributed by atoms with van der Waals surface area (Å²) >= 11 is 1.74. The highest BCUT2D eigenvalue weighted by molar-refractivity contribution is 7.99. The number of hydrogen-bond donors (Lipinski definition) is 2. The van der Waals surface area contributed by atoms with Crippen LogP contribution in [0.1, 0.15) is 19.4 Å². The monoisotopic (exact) mass is 361 g/mol. The summed E-state index contributed by atoms with van der Waals surface area (Å²) in [6.07, 6.45) is 2.04. The Hall–Kier alpha value is -1.70. The van der Waals surface area contributed by atoms with Gasteiger partial charge in [-0.05, 0) is 38.3 Å². The van der Waals surface area contributed by atoms with E-state index in [1.807, 2.05) is 6.26 Å². The molecular weight excluding hydrogens is 336 g/mol. The van der Waals surface area contributed by atoms with Crippen molar-refractivity contribution in [2.75, 3.05) is 27.0 Å². The number of nitrogens with one attached hydrogen (secondary N) is 2. The second-order valence-electron chi connectivity index (χ2n) is 5.60. The molecule has 0 heterocycles. The van der Waals surface area contributed by atoms with E-state index in [1.165, 1.54) is 13.2 Å². The van der Waals surface area contributed by atoms with Gasteiger partial charge in [0.25, 0.3) is 0 Å². The van der Waals surface area contributed by atoms with Gasteiger partial charge < -0.3 is 20.1 Å². The van der Waals surface area contributed by atoms with Crippen molar-refractivity contribution in [3.05, 3.63) is 23.8 Å². The normalized spacial score (nSPS) is 12.2. The van der Waals surface area contributed by atoms with Crippen molar-refractivity contribution in [2.45, 2.75) is 31.8 Å². The van der Waals surface area contributed by atoms with Crippen LogP contribution in [0.3, 0.4) is 0 Å². The minimum Gasteiger partial charge on any atom is -0.497 e. The van der Waals surface area contributed by atoms with E-state index in [1.54, 1.807) is 30.9 Å². The molecule has 0 aliphatic heterocycles. The van der Waals surface area contributed by atoms with Crippen LogP contribution in [0.4, 0.5) is 8.78 Å². The van der Waals surface area contributed by atoms with Crippen LogP contribution in [0.15, 0.2) is 23.2 Å². The van der Waals surface area contributed by atoms with Gasteiger partial charge in [0.1, 0.15) is 11.5 Å². The smallest absolute Gasteiger partial charge is 0.387 e. The van der Waals surface area contributed by atoms with Crippen molar-refractivity contribution in [3.8, 4) is 11.5 Å². The number of benzene rings is 1. The molecule has 0 spiro atoms. The zero-order valence-electron chi connectivity index (χ0n) is 14.7. The van der Waals surface area contributed by atoms with Gasteiger partial charge in [-0.2, -0.15) is 20.5 Å². The van der Waals surface area contributed by atoms with Crippen LogP contribution < -0.4 is 20.1 Å². The topological polar surface area (TPSA) is 54.9 Å². The van der Waals surface area contributed by atoms with Gasteiger partial charge in [-0.1, -0.05) is 0 Å². The van der Waals surface area contributed by atoms with Gasteiger partial charge in [-0.15, -0.1) is 0 Å². The van der Waals surface area contributed by atoms with E-state index in [2.05, 4.69) is 34.2 Å². The number of aliphatic imine (C=N–C) groups is 1. The Morgan fingerprint density at radius 2 is 2.04 bits per heavy atom. The van der Waals surface area contributed by atoms with E-state index in [0.717, 1.165) is 0 Å². The standard InChI is InChI=1S/C16H25F2N3O2S/c1-16(2,24-5)10-21-15(19-3)20-9-11-8-12(22-4)6-7-13(11)23-14(17)18/h6-8,14H,9-10H2,1-5H3,(H2,19,20,21). The Bertz CT molecular complexity index is 554. The second kappa shape index (κ2) is 9.56. The Balaban J connectivity index is 2.76. The van der Waals surface area contributed by atoms with Crippen LogP contribution in [0.2, 0.25) is 0 Å². The van der Waals surface area contributed by atoms with E-state index < -0.39 is 6.61 Å². The number of nitrogens with zero attached hydrogens (tertiary/aromatic N) is 1. The highest BCUT2D eigenvalue weighted by Crippen LogP contribution is 2.25. The minimum atomic E-state index is -2.88. The summed E-state index contributed by atoms with van der Waals surface area (Å²) in [4.78, 5) is 4.14. The van der Waals surface area contributed by atoms with E-state index >= 15 is 0 Å². The molecule has 0 aliphatic carbocycles. The molecular formula is C16H25F2N3O2S. The zero-order chi connectivity index (χ0) is 18.2. The number of rotatable bonds is 8. The summed E-state index contributed by atoms with van der Waals surface area (Å²) in [6, 6.07) is 4.70. The van der Waals surface area contributed by atoms with Gasteiger partial charge in [0, 0.05) is 30.4 Å².